The van der Waals surface area contributed by atoms with Crippen molar-refractivity contribution < 1.29 is 19.2 Å². The van der Waals surface area contributed by atoms with Gasteiger partial charge in [-0.1, -0.05) is 0 Å². The molecule has 1 atom stereocenters. The Hall–Kier alpha value is -2.78. The maximum Gasteiger partial charge on any atom is 0.262 e. The van der Waals surface area contributed by atoms with Crippen molar-refractivity contribution in [2.24, 2.45) is 17.8 Å². The minimum atomic E-state index is -0.925. The largest absolute Gasteiger partial charge is 0.371 e. The van der Waals surface area contributed by atoms with Crippen LogP contribution in [0.25, 0.3) is 0 Å². The Kier molecular flexibility index (Phi) is 6.75. The topological polar surface area (TPSA) is 102 Å². The summed E-state index contributed by atoms with van der Waals surface area (Å²) in [6.45, 7) is 7.82. The van der Waals surface area contributed by atoms with Gasteiger partial charge in [-0.3, -0.25) is 29.4 Å². The van der Waals surface area contributed by atoms with E-state index >= 15 is 0 Å². The van der Waals surface area contributed by atoms with Crippen molar-refractivity contribution in [2.75, 3.05) is 50.7 Å². The van der Waals surface area contributed by atoms with Crippen molar-refractivity contribution >= 4 is 29.3 Å². The Morgan fingerprint density at radius 1 is 0.811 bits per heavy atom. The molecule has 9 nitrogen and oxygen atoms in total. The number of nitrogens with zero attached hydrogens (tertiary/aromatic N) is 3. The van der Waals surface area contributed by atoms with Gasteiger partial charge in [-0.25, -0.2) is 0 Å². The first-order chi connectivity index (χ1) is 18.0. The average Bonchev–Trinajstić information content (AvgIpc) is 3.12. The molecule has 0 saturated carbocycles. The highest BCUT2D eigenvalue weighted by atomic mass is 16.2. The molecular weight excluding hydrogens is 470 g/mol. The van der Waals surface area contributed by atoms with Gasteiger partial charge in [0.1, 0.15) is 6.04 Å². The van der Waals surface area contributed by atoms with Crippen molar-refractivity contribution in [2.45, 2.75) is 51.0 Å². The van der Waals surface area contributed by atoms with Gasteiger partial charge < -0.3 is 15.1 Å². The van der Waals surface area contributed by atoms with Crippen molar-refractivity contribution in [3.63, 3.8) is 0 Å². The number of piperidine rings is 3. The molecule has 1 aromatic carbocycles. The first-order valence-electron chi connectivity index (χ1n) is 14.0. The molecular formula is C28H37N5O4. The molecule has 1 unspecified atom stereocenters. The molecule has 0 radical (unpaired) electrons. The molecule has 6 rings (SSSR count). The summed E-state index contributed by atoms with van der Waals surface area (Å²) in [5, 5.41) is 5.72. The monoisotopic (exact) mass is 507 g/mol. The van der Waals surface area contributed by atoms with Crippen LogP contribution in [0.15, 0.2) is 18.2 Å². The lowest BCUT2D eigenvalue weighted by Crippen LogP contribution is -2.54. The van der Waals surface area contributed by atoms with E-state index in [1.165, 1.54) is 58.3 Å². The first kappa shape index (κ1) is 24.6. The van der Waals surface area contributed by atoms with Crippen LogP contribution >= 0.6 is 0 Å². The van der Waals surface area contributed by atoms with Gasteiger partial charge in [-0.2, -0.15) is 0 Å². The third-order valence-corrected chi connectivity index (χ3v) is 9.09. The zero-order chi connectivity index (χ0) is 25.5. The van der Waals surface area contributed by atoms with Gasteiger partial charge in [0.15, 0.2) is 0 Å². The van der Waals surface area contributed by atoms with Gasteiger partial charge in [0, 0.05) is 37.7 Å². The van der Waals surface area contributed by atoms with Gasteiger partial charge >= 0.3 is 0 Å². The molecule has 37 heavy (non-hydrogen) atoms. The zero-order valence-corrected chi connectivity index (χ0v) is 21.4. The molecule has 4 fully saturated rings. The number of carbonyl (C=O) groups excluding carboxylic acids is 4. The van der Waals surface area contributed by atoms with Crippen LogP contribution in [-0.2, 0) is 9.59 Å². The van der Waals surface area contributed by atoms with Crippen molar-refractivity contribution in [1.29, 1.82) is 0 Å². The maximum absolute atomic E-state index is 13.1. The van der Waals surface area contributed by atoms with Crippen LogP contribution in [0.2, 0.25) is 0 Å². The summed E-state index contributed by atoms with van der Waals surface area (Å²) in [4.78, 5) is 55.7. The lowest BCUT2D eigenvalue weighted by atomic mass is 9.83. The number of likely N-dealkylation sites (tertiary alicyclic amines) is 1. The Labute approximate surface area is 217 Å². The minimum Gasteiger partial charge on any atom is -0.371 e. The average molecular weight is 508 g/mol. The first-order valence-corrected chi connectivity index (χ1v) is 14.0. The molecule has 4 saturated heterocycles. The van der Waals surface area contributed by atoms with Crippen LogP contribution < -0.4 is 15.5 Å². The summed E-state index contributed by atoms with van der Waals surface area (Å²) in [5.74, 6) is 0.589. The number of anilines is 1. The number of fused-ring (bicyclic) bond motifs is 1. The highest BCUT2D eigenvalue weighted by Crippen LogP contribution is 2.34. The Bertz CT molecular complexity index is 1090. The number of hydrogen-bond donors (Lipinski definition) is 2. The highest BCUT2D eigenvalue weighted by molar-refractivity contribution is 6.23. The molecule has 198 valence electrons. The number of hydrogen-bond acceptors (Lipinski definition) is 7. The van der Waals surface area contributed by atoms with Crippen LogP contribution in [0.5, 0.6) is 0 Å². The number of carbonyl (C=O) groups is 4. The fourth-order valence-corrected chi connectivity index (χ4v) is 6.91. The van der Waals surface area contributed by atoms with E-state index in [2.05, 4.69) is 20.4 Å². The summed E-state index contributed by atoms with van der Waals surface area (Å²) in [6.07, 6.45) is 7.04. The summed E-state index contributed by atoms with van der Waals surface area (Å²) in [7, 11) is 0. The van der Waals surface area contributed by atoms with Crippen molar-refractivity contribution in [1.82, 2.24) is 20.4 Å². The Morgan fingerprint density at radius 3 is 2.24 bits per heavy atom. The van der Waals surface area contributed by atoms with Gasteiger partial charge in [-0.15, -0.1) is 0 Å². The van der Waals surface area contributed by atoms with E-state index in [0.29, 0.717) is 17.0 Å². The molecule has 1 aromatic rings. The van der Waals surface area contributed by atoms with E-state index in [9.17, 15) is 19.2 Å². The van der Waals surface area contributed by atoms with Crippen molar-refractivity contribution in [3.8, 4) is 0 Å². The lowest BCUT2D eigenvalue weighted by Gasteiger charge is -2.44. The SMILES string of the molecule is O=C1CCC(N2C(=O)c3ccc(N4CC(CN5CCC(CC6CCNCC6)CC5)C4)cc3C2=O)C(=O)N1. The van der Waals surface area contributed by atoms with E-state index in [-0.39, 0.29) is 18.7 Å². The fraction of sp³-hybridized carbons (Fsp3) is 0.643. The number of amides is 4. The van der Waals surface area contributed by atoms with E-state index in [0.717, 1.165) is 42.1 Å². The van der Waals surface area contributed by atoms with E-state index in [4.69, 9.17) is 0 Å². The molecule has 5 aliphatic rings. The van der Waals surface area contributed by atoms with E-state index < -0.39 is 23.8 Å². The second-order valence-corrected chi connectivity index (χ2v) is 11.6. The molecule has 5 aliphatic heterocycles. The smallest absolute Gasteiger partial charge is 0.262 e. The molecule has 0 bridgehead atoms. The highest BCUT2D eigenvalue weighted by Gasteiger charge is 2.45. The van der Waals surface area contributed by atoms with Gasteiger partial charge in [0.05, 0.1) is 11.1 Å². The van der Waals surface area contributed by atoms with Crippen LogP contribution in [0.4, 0.5) is 5.69 Å². The molecule has 0 aromatic heterocycles. The molecule has 2 N–H and O–H groups in total. The molecule has 0 aliphatic carbocycles. The second-order valence-electron chi connectivity index (χ2n) is 11.6. The summed E-state index contributed by atoms with van der Waals surface area (Å²) >= 11 is 0. The Balaban J connectivity index is 0.998. The van der Waals surface area contributed by atoms with E-state index in [1.54, 1.807) is 12.1 Å². The van der Waals surface area contributed by atoms with Crippen LogP contribution in [0, 0.1) is 17.8 Å². The number of imide groups is 2. The third kappa shape index (κ3) is 4.91. The lowest BCUT2D eigenvalue weighted by molar-refractivity contribution is -0.136. The normalized spacial score (nSPS) is 26.4. The number of rotatable bonds is 6. The van der Waals surface area contributed by atoms with Crippen LogP contribution in [0.3, 0.4) is 0 Å². The summed E-state index contributed by atoms with van der Waals surface area (Å²) in [6, 6.07) is 4.48. The standard InChI is InChI=1S/C28H37N5O4/c34-25-4-3-24(26(35)30-25)33-27(36)22-2-1-21(14-23(22)28(33)37)32-16-20(17-32)15-31-11-7-19(8-12-31)13-18-5-9-29-10-6-18/h1-2,14,18-20,24,29H,3-13,15-17H2,(H,30,34,35). The summed E-state index contributed by atoms with van der Waals surface area (Å²) in [5.41, 5.74) is 1.64. The number of benzene rings is 1. The zero-order valence-electron chi connectivity index (χ0n) is 21.4. The molecule has 0 spiro atoms. The molecule has 9 heteroatoms. The van der Waals surface area contributed by atoms with E-state index in [1.807, 2.05) is 6.07 Å². The quantitative estimate of drug-likeness (QED) is 0.565. The molecule has 5 heterocycles. The van der Waals surface area contributed by atoms with Crippen molar-refractivity contribution in [3.05, 3.63) is 29.3 Å². The maximum atomic E-state index is 13.1. The van der Waals surface area contributed by atoms with Crippen LogP contribution in [-0.4, -0.2) is 85.3 Å². The van der Waals surface area contributed by atoms with Gasteiger partial charge in [0.2, 0.25) is 11.8 Å². The summed E-state index contributed by atoms with van der Waals surface area (Å²) < 4.78 is 0. The van der Waals surface area contributed by atoms with Gasteiger partial charge in [-0.05, 0) is 94.7 Å². The Morgan fingerprint density at radius 2 is 1.51 bits per heavy atom. The predicted molar refractivity (Wildman–Crippen MR) is 138 cm³/mol. The minimum absolute atomic E-state index is 0.125. The third-order valence-electron chi connectivity index (χ3n) is 9.09. The predicted octanol–water partition coefficient (Wildman–Crippen LogP) is 1.63. The fourth-order valence-electron chi connectivity index (χ4n) is 6.91. The number of nitrogens with one attached hydrogen (secondary N) is 2. The molecule has 4 amide bonds. The van der Waals surface area contributed by atoms with Gasteiger partial charge in [0.25, 0.3) is 11.8 Å². The second kappa shape index (κ2) is 10.2. The van der Waals surface area contributed by atoms with Crippen LogP contribution in [0.1, 0.15) is 65.7 Å².